The van der Waals surface area contributed by atoms with E-state index in [-0.39, 0.29) is 61.0 Å². The number of nitrogens with zero attached hydrogens (tertiary/aromatic N) is 3. The van der Waals surface area contributed by atoms with Gasteiger partial charge in [-0.2, -0.15) is 4.31 Å². The molecule has 0 aromatic heterocycles. The van der Waals surface area contributed by atoms with Crippen LogP contribution in [-0.4, -0.2) is 83.5 Å². The first-order chi connectivity index (χ1) is 19.7. The highest BCUT2D eigenvalue weighted by Gasteiger charge is 2.43. The van der Waals surface area contributed by atoms with Crippen LogP contribution in [0.4, 0.5) is 0 Å². The van der Waals surface area contributed by atoms with Crippen LogP contribution >= 0.6 is 0 Å². The van der Waals surface area contributed by atoms with Crippen LogP contribution in [0.15, 0.2) is 83.8 Å². The number of piperazine rings is 1. The molecule has 5 rings (SSSR count). The number of para-hydroxylation sites is 1. The Hall–Kier alpha value is -4.55. The van der Waals surface area contributed by atoms with Gasteiger partial charge in [-0.3, -0.25) is 19.3 Å². The van der Waals surface area contributed by atoms with Gasteiger partial charge in [0.15, 0.2) is 0 Å². The maximum atomic E-state index is 13.2. The Morgan fingerprint density at radius 3 is 1.88 bits per heavy atom. The lowest BCUT2D eigenvalue weighted by Gasteiger charge is -2.34. The number of carbonyl (C=O) groups excluding carboxylic acids is 3. The van der Waals surface area contributed by atoms with Gasteiger partial charge >= 0.3 is 5.97 Å². The SMILES string of the molecule is O=C(O)[C@H](CCC(=O)N1CCN(S(=O)(=O)c2ccc(Oc3ccccc3)cc2)CC1)N1C(=O)c2ccccc2C1=O. The molecule has 12 heteroatoms. The Morgan fingerprint density at radius 2 is 1.32 bits per heavy atom. The number of imide groups is 1. The van der Waals surface area contributed by atoms with Gasteiger partial charge in [-0.05, 0) is 55.0 Å². The molecule has 0 bridgehead atoms. The van der Waals surface area contributed by atoms with Crippen LogP contribution in [-0.2, 0) is 19.6 Å². The molecule has 2 aliphatic rings. The molecule has 3 aromatic carbocycles. The number of carboxylic acid groups (broad SMARTS) is 1. The van der Waals surface area contributed by atoms with Gasteiger partial charge < -0.3 is 14.7 Å². The Bertz CT molecular complexity index is 1550. The molecule has 2 aliphatic heterocycles. The number of aliphatic carboxylic acids is 1. The normalized spacial score (nSPS) is 16.4. The van der Waals surface area contributed by atoms with Crippen molar-refractivity contribution in [1.29, 1.82) is 0 Å². The molecule has 1 fully saturated rings. The maximum Gasteiger partial charge on any atom is 0.326 e. The Balaban J connectivity index is 1.16. The second-order valence-corrected chi connectivity index (χ2v) is 11.5. The number of hydrogen-bond donors (Lipinski definition) is 1. The van der Waals surface area contributed by atoms with Gasteiger partial charge in [0.25, 0.3) is 11.8 Å². The van der Waals surface area contributed by atoms with E-state index in [1.807, 2.05) is 18.2 Å². The monoisotopic (exact) mass is 577 g/mol. The maximum absolute atomic E-state index is 13.2. The first-order valence-electron chi connectivity index (χ1n) is 13.0. The summed E-state index contributed by atoms with van der Waals surface area (Å²) in [7, 11) is -3.81. The minimum absolute atomic E-state index is 0.0666. The summed E-state index contributed by atoms with van der Waals surface area (Å²) in [5, 5.41) is 9.74. The third-order valence-electron chi connectivity index (χ3n) is 7.09. The number of carbonyl (C=O) groups is 4. The number of sulfonamides is 1. The van der Waals surface area contributed by atoms with E-state index in [2.05, 4.69) is 0 Å². The molecule has 212 valence electrons. The van der Waals surface area contributed by atoms with E-state index in [0.717, 1.165) is 0 Å². The third-order valence-corrected chi connectivity index (χ3v) is 9.00. The van der Waals surface area contributed by atoms with Crippen LogP contribution in [0.1, 0.15) is 33.6 Å². The van der Waals surface area contributed by atoms with E-state index >= 15 is 0 Å². The van der Waals surface area contributed by atoms with Gasteiger partial charge in [0.05, 0.1) is 16.0 Å². The Kier molecular flexibility index (Phi) is 7.86. The van der Waals surface area contributed by atoms with E-state index in [1.165, 1.54) is 33.5 Å². The first-order valence-corrected chi connectivity index (χ1v) is 14.4. The van der Waals surface area contributed by atoms with Gasteiger partial charge in [0.2, 0.25) is 15.9 Å². The molecule has 0 unspecified atom stereocenters. The van der Waals surface area contributed by atoms with Crippen LogP contribution in [0.5, 0.6) is 11.5 Å². The molecule has 0 radical (unpaired) electrons. The summed E-state index contributed by atoms with van der Waals surface area (Å²) in [5.74, 6) is -2.06. The van der Waals surface area contributed by atoms with Gasteiger partial charge in [0, 0.05) is 32.6 Å². The number of amides is 3. The summed E-state index contributed by atoms with van der Waals surface area (Å²) in [4.78, 5) is 52.6. The van der Waals surface area contributed by atoms with Crippen molar-refractivity contribution in [3.8, 4) is 11.5 Å². The van der Waals surface area contributed by atoms with Crippen LogP contribution in [0.25, 0.3) is 0 Å². The molecule has 1 saturated heterocycles. The summed E-state index contributed by atoms with van der Waals surface area (Å²) < 4.78 is 33.4. The van der Waals surface area contributed by atoms with Crippen molar-refractivity contribution in [2.75, 3.05) is 26.2 Å². The summed E-state index contributed by atoms with van der Waals surface area (Å²) in [5.41, 5.74) is 0.261. The van der Waals surface area contributed by atoms with E-state index < -0.39 is 33.8 Å². The van der Waals surface area contributed by atoms with Gasteiger partial charge in [-0.25, -0.2) is 13.2 Å². The van der Waals surface area contributed by atoms with E-state index in [9.17, 15) is 32.7 Å². The lowest BCUT2D eigenvalue weighted by molar-refractivity contribution is -0.142. The number of hydrogen-bond acceptors (Lipinski definition) is 7. The average molecular weight is 578 g/mol. The molecule has 1 atom stereocenters. The highest BCUT2D eigenvalue weighted by atomic mass is 32.2. The summed E-state index contributed by atoms with van der Waals surface area (Å²) >= 11 is 0. The van der Waals surface area contributed by atoms with Crippen molar-refractivity contribution >= 4 is 33.7 Å². The molecule has 3 amide bonds. The lowest BCUT2D eigenvalue weighted by Crippen LogP contribution is -2.51. The van der Waals surface area contributed by atoms with Crippen molar-refractivity contribution in [2.45, 2.75) is 23.8 Å². The molecule has 0 spiro atoms. The molecule has 3 aromatic rings. The fourth-order valence-electron chi connectivity index (χ4n) is 4.90. The van der Waals surface area contributed by atoms with Gasteiger partial charge in [-0.15, -0.1) is 0 Å². The zero-order valence-corrected chi connectivity index (χ0v) is 22.7. The molecule has 2 heterocycles. The number of ether oxygens (including phenoxy) is 1. The quantitative estimate of drug-likeness (QED) is 0.383. The minimum Gasteiger partial charge on any atom is -0.480 e. The summed E-state index contributed by atoms with van der Waals surface area (Å²) in [6.45, 7) is 0.379. The van der Waals surface area contributed by atoms with Crippen LogP contribution in [0, 0.1) is 0 Å². The first kappa shape index (κ1) is 28.0. The second kappa shape index (κ2) is 11.5. The predicted octanol–water partition coefficient (Wildman–Crippen LogP) is 2.84. The largest absolute Gasteiger partial charge is 0.480 e. The van der Waals surface area contributed by atoms with E-state index in [0.29, 0.717) is 16.4 Å². The van der Waals surface area contributed by atoms with Crippen LogP contribution < -0.4 is 4.74 Å². The predicted molar refractivity (Wildman–Crippen MR) is 146 cm³/mol. The van der Waals surface area contributed by atoms with Crippen LogP contribution in [0.2, 0.25) is 0 Å². The topological polar surface area (TPSA) is 142 Å². The van der Waals surface area contributed by atoms with Crippen molar-refractivity contribution in [3.05, 3.63) is 90.0 Å². The van der Waals surface area contributed by atoms with Gasteiger partial charge in [-0.1, -0.05) is 30.3 Å². The van der Waals surface area contributed by atoms with Crippen molar-refractivity contribution < 1.29 is 37.4 Å². The summed E-state index contributed by atoms with van der Waals surface area (Å²) in [6, 6.07) is 19.8. The van der Waals surface area contributed by atoms with Crippen molar-refractivity contribution in [2.24, 2.45) is 0 Å². The smallest absolute Gasteiger partial charge is 0.326 e. The Labute approximate surface area is 236 Å². The highest BCUT2D eigenvalue weighted by molar-refractivity contribution is 7.89. The highest BCUT2D eigenvalue weighted by Crippen LogP contribution is 2.27. The molecule has 41 heavy (non-hydrogen) atoms. The average Bonchev–Trinajstić information content (AvgIpc) is 3.23. The number of benzene rings is 3. The standard InChI is InChI=1S/C29H27N3O8S/c33-26(15-14-25(29(36)37)32-27(34)23-8-4-5-9-24(23)28(32)35)30-16-18-31(19-17-30)41(38,39)22-12-10-21(11-13-22)40-20-6-2-1-3-7-20/h1-13,25H,14-19H2,(H,36,37)/t25-/m0/s1. The van der Waals surface area contributed by atoms with E-state index in [1.54, 1.807) is 36.4 Å². The fourth-order valence-corrected chi connectivity index (χ4v) is 6.33. The zero-order chi connectivity index (χ0) is 29.1. The second-order valence-electron chi connectivity index (χ2n) is 9.59. The van der Waals surface area contributed by atoms with Crippen molar-refractivity contribution in [1.82, 2.24) is 14.1 Å². The molecular weight excluding hydrogens is 550 g/mol. The number of carboxylic acids is 1. The van der Waals surface area contributed by atoms with Gasteiger partial charge in [0.1, 0.15) is 17.5 Å². The molecule has 11 nitrogen and oxygen atoms in total. The summed E-state index contributed by atoms with van der Waals surface area (Å²) in [6.07, 6.45) is -0.477. The molecule has 0 saturated carbocycles. The molecular formula is C29H27N3O8S. The zero-order valence-electron chi connectivity index (χ0n) is 21.9. The van der Waals surface area contributed by atoms with E-state index in [4.69, 9.17) is 4.74 Å². The third kappa shape index (κ3) is 5.70. The fraction of sp³-hybridized carbons (Fsp3) is 0.241. The Morgan fingerprint density at radius 1 is 0.780 bits per heavy atom. The molecule has 1 N–H and O–H groups in total. The van der Waals surface area contributed by atoms with Crippen molar-refractivity contribution in [3.63, 3.8) is 0 Å². The number of rotatable bonds is 9. The van der Waals surface area contributed by atoms with Crippen LogP contribution in [0.3, 0.4) is 0 Å². The number of fused-ring (bicyclic) bond motifs is 1. The molecule has 0 aliphatic carbocycles. The lowest BCUT2D eigenvalue weighted by atomic mass is 10.1. The minimum atomic E-state index is -3.81.